The molecule has 0 aliphatic rings. The molecule has 0 aromatic carbocycles. The van der Waals surface area contributed by atoms with Crippen LogP contribution in [0.25, 0.3) is 22.4 Å². The quantitative estimate of drug-likeness (QED) is 0.555. The number of pyridine rings is 1. The van der Waals surface area contributed by atoms with E-state index in [1.54, 1.807) is 6.20 Å². The molecule has 0 bridgehead atoms. The number of aromatic amines is 1. The number of rotatable bonds is 3. The van der Waals surface area contributed by atoms with E-state index < -0.39 is 17.2 Å². The van der Waals surface area contributed by atoms with Crippen LogP contribution in [0.15, 0.2) is 45.4 Å². The van der Waals surface area contributed by atoms with Gasteiger partial charge in [-0.05, 0) is 24.3 Å². The van der Waals surface area contributed by atoms with Gasteiger partial charge in [-0.1, -0.05) is 0 Å². The number of amides is 1. The Bertz CT molecular complexity index is 1280. The number of hydrogen-bond donors (Lipinski definition) is 2. The standard InChI is InChI=1S/C17H14N6O3S/c1-22-13-9(15(25)23(2)17(22)26)5-6-11(19-13)14(24)21-16-20-12(8-27-16)10-4-3-7-18-10/h3-8,18H,1-2H3,(H,20,21,24). The van der Waals surface area contributed by atoms with Crippen molar-refractivity contribution in [3.05, 3.63) is 62.4 Å². The summed E-state index contributed by atoms with van der Waals surface area (Å²) in [6.45, 7) is 0. The van der Waals surface area contributed by atoms with Crippen LogP contribution in [0.2, 0.25) is 0 Å². The fraction of sp³-hybridized carbons (Fsp3) is 0.118. The molecule has 0 radical (unpaired) electrons. The number of aromatic nitrogens is 5. The SMILES string of the molecule is Cn1c(=O)c2ccc(C(=O)Nc3nc(-c4ccc[nH]4)cs3)nc2n(C)c1=O. The second-order valence-electron chi connectivity index (χ2n) is 5.85. The minimum atomic E-state index is -0.506. The van der Waals surface area contributed by atoms with Gasteiger partial charge in [0.15, 0.2) is 5.13 Å². The molecular formula is C17H14N6O3S. The van der Waals surface area contributed by atoms with Gasteiger partial charge in [0.25, 0.3) is 11.5 Å². The van der Waals surface area contributed by atoms with Crippen LogP contribution in [0.4, 0.5) is 5.13 Å². The van der Waals surface area contributed by atoms with Crippen molar-refractivity contribution >= 4 is 33.4 Å². The molecule has 0 unspecified atom stereocenters. The smallest absolute Gasteiger partial charge is 0.332 e. The van der Waals surface area contributed by atoms with E-state index in [1.807, 2.05) is 17.5 Å². The van der Waals surface area contributed by atoms with Gasteiger partial charge in [0.2, 0.25) is 0 Å². The number of nitrogens with one attached hydrogen (secondary N) is 2. The molecule has 136 valence electrons. The Morgan fingerprint density at radius 2 is 1.96 bits per heavy atom. The van der Waals surface area contributed by atoms with Gasteiger partial charge in [-0.25, -0.2) is 14.8 Å². The average Bonchev–Trinajstić information content (AvgIpc) is 3.35. The molecule has 4 aromatic rings. The summed E-state index contributed by atoms with van der Waals surface area (Å²) in [6, 6.07) is 6.68. The highest BCUT2D eigenvalue weighted by molar-refractivity contribution is 7.14. The Balaban J connectivity index is 1.67. The third-order valence-corrected chi connectivity index (χ3v) is 4.89. The summed E-state index contributed by atoms with van der Waals surface area (Å²) >= 11 is 1.29. The Hall–Kier alpha value is -3.53. The second-order valence-corrected chi connectivity index (χ2v) is 6.71. The molecule has 2 N–H and O–H groups in total. The first-order valence-corrected chi connectivity index (χ1v) is 8.81. The maximum atomic E-state index is 12.5. The summed E-state index contributed by atoms with van der Waals surface area (Å²) in [5.74, 6) is -0.475. The van der Waals surface area contributed by atoms with E-state index in [4.69, 9.17) is 0 Å². The molecule has 0 spiro atoms. The molecule has 0 fully saturated rings. The molecule has 10 heteroatoms. The molecule has 0 saturated carbocycles. The van der Waals surface area contributed by atoms with Gasteiger partial charge < -0.3 is 4.98 Å². The first kappa shape index (κ1) is 16.9. The minimum absolute atomic E-state index is 0.0855. The van der Waals surface area contributed by atoms with Gasteiger partial charge in [-0.15, -0.1) is 11.3 Å². The van der Waals surface area contributed by atoms with Gasteiger partial charge in [-0.3, -0.25) is 24.0 Å². The zero-order valence-corrected chi connectivity index (χ0v) is 15.2. The lowest BCUT2D eigenvalue weighted by Gasteiger charge is -2.08. The predicted octanol–water partition coefficient (Wildman–Crippen LogP) is 1.34. The molecule has 0 aliphatic carbocycles. The highest BCUT2D eigenvalue weighted by Gasteiger charge is 2.15. The summed E-state index contributed by atoms with van der Waals surface area (Å²) in [4.78, 5) is 48.4. The van der Waals surface area contributed by atoms with E-state index in [0.29, 0.717) is 5.13 Å². The average molecular weight is 382 g/mol. The molecular weight excluding hydrogens is 368 g/mol. The fourth-order valence-corrected chi connectivity index (χ4v) is 3.39. The third kappa shape index (κ3) is 2.85. The molecule has 0 saturated heterocycles. The van der Waals surface area contributed by atoms with Crippen LogP contribution in [-0.4, -0.2) is 30.0 Å². The van der Waals surface area contributed by atoms with E-state index in [-0.39, 0.29) is 16.7 Å². The van der Waals surface area contributed by atoms with Crippen molar-refractivity contribution in [1.29, 1.82) is 0 Å². The summed E-state index contributed by atoms with van der Waals surface area (Å²) in [5, 5.41) is 5.19. The lowest BCUT2D eigenvalue weighted by molar-refractivity contribution is 0.102. The van der Waals surface area contributed by atoms with Gasteiger partial charge in [0.05, 0.1) is 16.8 Å². The molecule has 4 heterocycles. The van der Waals surface area contributed by atoms with E-state index >= 15 is 0 Å². The fourth-order valence-electron chi connectivity index (χ4n) is 2.69. The number of thiazole rings is 1. The largest absolute Gasteiger partial charge is 0.360 e. The van der Waals surface area contributed by atoms with Crippen LogP contribution in [0.3, 0.4) is 0 Å². The number of aryl methyl sites for hydroxylation is 1. The van der Waals surface area contributed by atoms with Crippen LogP contribution >= 0.6 is 11.3 Å². The van der Waals surface area contributed by atoms with E-state index in [1.165, 1.54) is 42.1 Å². The lowest BCUT2D eigenvalue weighted by Crippen LogP contribution is -2.37. The number of fused-ring (bicyclic) bond motifs is 1. The molecule has 0 aliphatic heterocycles. The van der Waals surface area contributed by atoms with Crippen LogP contribution in [0.5, 0.6) is 0 Å². The zero-order chi connectivity index (χ0) is 19.1. The molecule has 9 nitrogen and oxygen atoms in total. The zero-order valence-electron chi connectivity index (χ0n) is 14.4. The highest BCUT2D eigenvalue weighted by atomic mass is 32.1. The lowest BCUT2D eigenvalue weighted by atomic mass is 10.2. The maximum absolute atomic E-state index is 12.5. The normalized spacial score (nSPS) is 11.0. The summed E-state index contributed by atoms with van der Waals surface area (Å²) in [6.07, 6.45) is 1.79. The monoisotopic (exact) mass is 382 g/mol. The number of H-pyrrole nitrogens is 1. The topological polar surface area (TPSA) is 115 Å². The summed E-state index contributed by atoms with van der Waals surface area (Å²) in [7, 11) is 2.90. The first-order valence-electron chi connectivity index (χ1n) is 7.93. The van der Waals surface area contributed by atoms with Crippen molar-refractivity contribution in [2.24, 2.45) is 14.1 Å². The van der Waals surface area contributed by atoms with Gasteiger partial charge >= 0.3 is 5.69 Å². The van der Waals surface area contributed by atoms with Crippen LogP contribution in [-0.2, 0) is 14.1 Å². The van der Waals surface area contributed by atoms with Gasteiger partial charge in [0, 0.05) is 25.7 Å². The van der Waals surface area contributed by atoms with Crippen molar-refractivity contribution < 1.29 is 4.79 Å². The van der Waals surface area contributed by atoms with E-state index in [0.717, 1.165) is 16.0 Å². The Kier molecular flexibility index (Phi) is 3.96. The maximum Gasteiger partial charge on any atom is 0.332 e. The number of carbonyl (C=O) groups excluding carboxylic acids is 1. The minimum Gasteiger partial charge on any atom is -0.360 e. The Morgan fingerprint density at radius 1 is 1.15 bits per heavy atom. The number of nitrogens with zero attached hydrogens (tertiary/aromatic N) is 4. The molecule has 27 heavy (non-hydrogen) atoms. The van der Waals surface area contributed by atoms with Crippen LogP contribution in [0, 0.1) is 0 Å². The number of carbonyl (C=O) groups is 1. The molecule has 4 aromatic heterocycles. The number of anilines is 1. The van der Waals surface area contributed by atoms with E-state index in [9.17, 15) is 14.4 Å². The van der Waals surface area contributed by atoms with Crippen LogP contribution in [0.1, 0.15) is 10.5 Å². The summed E-state index contributed by atoms with van der Waals surface area (Å²) in [5.41, 5.74) is 0.847. The predicted molar refractivity (Wildman–Crippen MR) is 102 cm³/mol. The Morgan fingerprint density at radius 3 is 2.70 bits per heavy atom. The van der Waals surface area contributed by atoms with Crippen molar-refractivity contribution in [3.8, 4) is 11.4 Å². The molecule has 0 atom stereocenters. The summed E-state index contributed by atoms with van der Waals surface area (Å²) < 4.78 is 2.24. The van der Waals surface area contributed by atoms with Crippen LogP contribution < -0.4 is 16.6 Å². The van der Waals surface area contributed by atoms with Crippen molar-refractivity contribution in [3.63, 3.8) is 0 Å². The van der Waals surface area contributed by atoms with Gasteiger partial charge in [-0.2, -0.15) is 0 Å². The molecule has 1 amide bonds. The van der Waals surface area contributed by atoms with Gasteiger partial charge in [0.1, 0.15) is 11.3 Å². The first-order chi connectivity index (χ1) is 13.0. The third-order valence-electron chi connectivity index (χ3n) is 4.13. The molecule has 4 rings (SSSR count). The number of hydrogen-bond acceptors (Lipinski definition) is 6. The Labute approximate surface area is 156 Å². The van der Waals surface area contributed by atoms with Crippen molar-refractivity contribution in [2.45, 2.75) is 0 Å². The van der Waals surface area contributed by atoms with Crippen molar-refractivity contribution in [2.75, 3.05) is 5.32 Å². The second kappa shape index (κ2) is 6.32. The van der Waals surface area contributed by atoms with Crippen molar-refractivity contribution in [1.82, 2.24) is 24.1 Å². The highest BCUT2D eigenvalue weighted by Crippen LogP contribution is 2.23. The van der Waals surface area contributed by atoms with E-state index in [2.05, 4.69) is 20.3 Å².